The van der Waals surface area contributed by atoms with Gasteiger partial charge in [-0.05, 0) is 19.2 Å². The van der Waals surface area contributed by atoms with Crippen molar-refractivity contribution < 1.29 is 0 Å². The van der Waals surface area contributed by atoms with E-state index in [-0.39, 0.29) is 0 Å². The summed E-state index contributed by atoms with van der Waals surface area (Å²) in [4.78, 5) is 30.1. The Morgan fingerprint density at radius 3 is 2.68 bits per heavy atom. The van der Waals surface area contributed by atoms with E-state index in [2.05, 4.69) is 58.0 Å². The number of imidazole rings is 1. The molecule has 10 heteroatoms. The lowest BCUT2D eigenvalue weighted by Gasteiger charge is -2.34. The summed E-state index contributed by atoms with van der Waals surface area (Å²) in [5.41, 5.74) is 5.95. The van der Waals surface area contributed by atoms with E-state index >= 15 is 0 Å². The molecule has 0 aromatic carbocycles. The molecule has 6 rings (SSSR count). The second-order valence-electron chi connectivity index (χ2n) is 7.72. The average molecular weight is 412 g/mol. The topological polar surface area (TPSA) is 115 Å². The number of aromatic amines is 2. The Kier molecular flexibility index (Phi) is 4.10. The lowest BCUT2D eigenvalue weighted by Crippen LogP contribution is -2.44. The predicted molar refractivity (Wildman–Crippen MR) is 118 cm³/mol. The molecule has 1 aliphatic rings. The Bertz CT molecular complexity index is 1370. The molecule has 0 atom stereocenters. The molecule has 0 radical (unpaired) electrons. The van der Waals surface area contributed by atoms with E-state index < -0.39 is 0 Å². The molecule has 1 aliphatic heterocycles. The Morgan fingerprint density at radius 1 is 1.00 bits per heavy atom. The van der Waals surface area contributed by atoms with Crippen LogP contribution in [-0.2, 0) is 0 Å². The summed E-state index contributed by atoms with van der Waals surface area (Å²) in [6.45, 7) is 4.02. The summed E-state index contributed by atoms with van der Waals surface area (Å²) < 4.78 is 0. The van der Waals surface area contributed by atoms with Gasteiger partial charge < -0.3 is 14.8 Å². The van der Waals surface area contributed by atoms with Crippen molar-refractivity contribution in [1.82, 2.24) is 45.0 Å². The molecular weight excluding hydrogens is 392 g/mol. The van der Waals surface area contributed by atoms with Crippen molar-refractivity contribution in [3.8, 4) is 22.8 Å². The summed E-state index contributed by atoms with van der Waals surface area (Å²) in [6, 6.07) is 4.03. The van der Waals surface area contributed by atoms with E-state index in [1.54, 1.807) is 18.6 Å². The van der Waals surface area contributed by atoms with E-state index in [9.17, 15) is 0 Å². The number of likely N-dealkylation sites (N-methyl/N-ethyl adjacent to an activating group) is 1. The monoisotopic (exact) mass is 412 g/mol. The number of nitrogens with zero attached hydrogens (tertiary/aromatic N) is 8. The fraction of sp³-hybridized carbons (Fsp3) is 0.238. The van der Waals surface area contributed by atoms with Crippen LogP contribution in [-0.4, -0.2) is 78.2 Å². The fourth-order valence-electron chi connectivity index (χ4n) is 4.01. The number of H-pyrrole nitrogens is 2. The number of nitrogens with one attached hydrogen (secondary N) is 2. The van der Waals surface area contributed by atoms with Gasteiger partial charge in [0.15, 0.2) is 11.5 Å². The van der Waals surface area contributed by atoms with Gasteiger partial charge >= 0.3 is 0 Å². The second-order valence-corrected chi connectivity index (χ2v) is 7.72. The minimum Gasteiger partial charge on any atom is -0.367 e. The summed E-state index contributed by atoms with van der Waals surface area (Å²) in [7, 11) is 2.15. The van der Waals surface area contributed by atoms with Crippen molar-refractivity contribution >= 4 is 27.8 Å². The highest BCUT2D eigenvalue weighted by molar-refractivity contribution is 5.95. The van der Waals surface area contributed by atoms with Crippen LogP contribution in [0.4, 0.5) is 5.69 Å². The zero-order valence-corrected chi connectivity index (χ0v) is 16.9. The minimum atomic E-state index is 0.678. The first-order valence-electron chi connectivity index (χ1n) is 10.1. The molecule has 0 bridgehead atoms. The number of piperazine rings is 1. The molecule has 0 amide bonds. The first kappa shape index (κ1) is 17.9. The van der Waals surface area contributed by atoms with Gasteiger partial charge in [-0.2, -0.15) is 5.10 Å². The van der Waals surface area contributed by atoms with Crippen molar-refractivity contribution in [3.63, 3.8) is 0 Å². The molecule has 0 saturated carbocycles. The van der Waals surface area contributed by atoms with E-state index in [0.29, 0.717) is 11.5 Å². The van der Waals surface area contributed by atoms with Crippen molar-refractivity contribution in [2.75, 3.05) is 38.1 Å². The molecular formula is C21H20N10. The number of hydrogen-bond donors (Lipinski definition) is 2. The first-order valence-corrected chi connectivity index (χ1v) is 10.1. The molecule has 0 spiro atoms. The lowest BCUT2D eigenvalue weighted by molar-refractivity contribution is 0.313. The molecule has 1 fully saturated rings. The lowest BCUT2D eigenvalue weighted by atomic mass is 10.1. The van der Waals surface area contributed by atoms with E-state index in [4.69, 9.17) is 4.98 Å². The number of pyridine rings is 2. The van der Waals surface area contributed by atoms with Crippen LogP contribution in [0.2, 0.25) is 0 Å². The fourth-order valence-corrected chi connectivity index (χ4v) is 4.01. The zero-order chi connectivity index (χ0) is 20.8. The van der Waals surface area contributed by atoms with Gasteiger partial charge in [-0.3, -0.25) is 10.1 Å². The van der Waals surface area contributed by atoms with Crippen molar-refractivity contribution in [2.45, 2.75) is 0 Å². The normalized spacial score (nSPS) is 15.2. The van der Waals surface area contributed by atoms with Crippen LogP contribution in [0.25, 0.3) is 44.8 Å². The van der Waals surface area contributed by atoms with E-state index in [1.807, 2.05) is 12.3 Å². The van der Waals surface area contributed by atoms with Gasteiger partial charge in [-0.1, -0.05) is 0 Å². The molecule has 5 aromatic heterocycles. The highest BCUT2D eigenvalue weighted by atomic mass is 15.3. The standard InChI is InChI=1S/C21H20N10/c1-30-4-6-31(7-5-30)17-2-3-24-20-19(17)26-21(27-20)18-14-8-15(13-9-22-12-23-10-13)25-11-16(14)28-29-18/h2-3,8-12H,4-7H2,1H3,(H,28,29)(H,24,26,27). The number of hydrogen-bond acceptors (Lipinski definition) is 8. The number of rotatable bonds is 3. The quantitative estimate of drug-likeness (QED) is 0.463. The largest absolute Gasteiger partial charge is 0.367 e. The van der Waals surface area contributed by atoms with Crippen molar-refractivity contribution in [3.05, 3.63) is 43.2 Å². The van der Waals surface area contributed by atoms with Crippen LogP contribution in [0.15, 0.2) is 43.2 Å². The molecule has 6 heterocycles. The van der Waals surface area contributed by atoms with Crippen LogP contribution >= 0.6 is 0 Å². The van der Waals surface area contributed by atoms with Gasteiger partial charge in [0.05, 0.1) is 23.1 Å². The number of fused-ring (bicyclic) bond motifs is 2. The average Bonchev–Trinajstić information content (AvgIpc) is 3.43. The molecule has 2 N–H and O–H groups in total. The summed E-state index contributed by atoms with van der Waals surface area (Å²) in [5.74, 6) is 0.678. The highest BCUT2D eigenvalue weighted by Crippen LogP contribution is 2.31. The summed E-state index contributed by atoms with van der Waals surface area (Å²) in [5, 5.41) is 8.49. The van der Waals surface area contributed by atoms with Gasteiger partial charge in [-0.15, -0.1) is 0 Å². The van der Waals surface area contributed by atoms with Gasteiger partial charge in [0.2, 0.25) is 0 Å². The Balaban J connectivity index is 1.44. The van der Waals surface area contributed by atoms with Crippen LogP contribution in [0.5, 0.6) is 0 Å². The van der Waals surface area contributed by atoms with Gasteiger partial charge in [0.25, 0.3) is 0 Å². The molecule has 10 nitrogen and oxygen atoms in total. The maximum absolute atomic E-state index is 4.75. The third-order valence-corrected chi connectivity index (χ3v) is 5.74. The van der Waals surface area contributed by atoms with E-state index in [1.165, 1.54) is 6.33 Å². The summed E-state index contributed by atoms with van der Waals surface area (Å²) >= 11 is 0. The van der Waals surface area contributed by atoms with Gasteiger partial charge in [0.1, 0.15) is 17.5 Å². The van der Waals surface area contributed by atoms with Crippen LogP contribution in [0.3, 0.4) is 0 Å². The molecule has 0 unspecified atom stereocenters. The summed E-state index contributed by atoms with van der Waals surface area (Å²) in [6.07, 6.45) is 8.58. The Labute approximate surface area is 177 Å². The molecule has 0 aliphatic carbocycles. The first-order chi connectivity index (χ1) is 15.3. The molecule has 1 saturated heterocycles. The van der Waals surface area contributed by atoms with Gasteiger partial charge in [0, 0.05) is 55.7 Å². The van der Waals surface area contributed by atoms with Crippen LogP contribution < -0.4 is 4.90 Å². The second kappa shape index (κ2) is 7.10. The van der Waals surface area contributed by atoms with Crippen LogP contribution in [0.1, 0.15) is 0 Å². The Hall–Kier alpha value is -3.92. The Morgan fingerprint density at radius 2 is 1.84 bits per heavy atom. The van der Waals surface area contributed by atoms with E-state index in [0.717, 1.165) is 65.2 Å². The third kappa shape index (κ3) is 3.08. The van der Waals surface area contributed by atoms with Gasteiger partial charge in [-0.25, -0.2) is 19.9 Å². The SMILES string of the molecule is CN1CCN(c2ccnc3nc(-c4n[nH]c5cnc(-c6cncnc6)cc45)[nH]c23)CC1. The maximum Gasteiger partial charge on any atom is 0.180 e. The highest BCUT2D eigenvalue weighted by Gasteiger charge is 2.20. The zero-order valence-electron chi connectivity index (χ0n) is 16.9. The third-order valence-electron chi connectivity index (χ3n) is 5.74. The van der Waals surface area contributed by atoms with Crippen LogP contribution in [0, 0.1) is 0 Å². The maximum atomic E-state index is 4.75. The molecule has 31 heavy (non-hydrogen) atoms. The minimum absolute atomic E-state index is 0.678. The number of anilines is 1. The molecule has 5 aromatic rings. The number of aromatic nitrogens is 8. The molecule has 154 valence electrons. The van der Waals surface area contributed by atoms with Crippen molar-refractivity contribution in [2.24, 2.45) is 0 Å². The predicted octanol–water partition coefficient (Wildman–Crippen LogP) is 2.10. The van der Waals surface area contributed by atoms with Crippen molar-refractivity contribution in [1.29, 1.82) is 0 Å². The smallest absolute Gasteiger partial charge is 0.180 e.